The smallest absolute Gasteiger partial charge is 0.139 e. The van der Waals surface area contributed by atoms with Crippen molar-refractivity contribution >= 4 is 0 Å². The number of aromatic nitrogens is 2. The number of hydrogen-bond donors (Lipinski definition) is 2. The van der Waals surface area contributed by atoms with Crippen molar-refractivity contribution < 1.29 is 5.11 Å². The summed E-state index contributed by atoms with van der Waals surface area (Å²) in [5.41, 5.74) is 5.91. The molecule has 0 saturated carbocycles. The highest BCUT2D eigenvalue weighted by Gasteiger charge is 2.16. The predicted octanol–water partition coefficient (Wildman–Crippen LogP) is 2.43. The molecule has 0 radical (unpaired) electrons. The summed E-state index contributed by atoms with van der Waals surface area (Å²) in [5, 5.41) is 9.87. The number of nitrogens with zero attached hydrogens (tertiary/aromatic N) is 2. The van der Waals surface area contributed by atoms with Crippen molar-refractivity contribution in [1.82, 2.24) is 9.55 Å². The number of hydrogen-bond acceptors (Lipinski definition) is 3. The number of imidazole rings is 1. The Bertz CT molecular complexity index is 520. The van der Waals surface area contributed by atoms with Crippen molar-refractivity contribution in [2.75, 3.05) is 6.54 Å². The van der Waals surface area contributed by atoms with Gasteiger partial charge in [0.1, 0.15) is 5.82 Å². The van der Waals surface area contributed by atoms with Gasteiger partial charge in [0.2, 0.25) is 0 Å². The van der Waals surface area contributed by atoms with Crippen LogP contribution in [-0.2, 0) is 6.54 Å². The molecule has 0 aliphatic rings. The van der Waals surface area contributed by atoms with E-state index in [9.17, 15) is 5.11 Å². The Morgan fingerprint density at radius 3 is 2.70 bits per heavy atom. The zero-order chi connectivity index (χ0) is 14.4. The Kier molecular flexibility index (Phi) is 4.93. The molecule has 0 spiro atoms. The van der Waals surface area contributed by atoms with Crippen molar-refractivity contribution in [2.24, 2.45) is 5.73 Å². The Labute approximate surface area is 120 Å². The van der Waals surface area contributed by atoms with E-state index < -0.39 is 5.60 Å². The number of nitrogens with two attached hydrogens (primary N) is 1. The minimum Gasteiger partial charge on any atom is -0.389 e. The highest BCUT2D eigenvalue weighted by atomic mass is 16.3. The first kappa shape index (κ1) is 14.8. The van der Waals surface area contributed by atoms with Crippen molar-refractivity contribution in [3.8, 4) is 11.4 Å². The molecule has 1 aromatic heterocycles. The molecule has 4 heteroatoms. The van der Waals surface area contributed by atoms with Crippen molar-refractivity contribution in [2.45, 2.75) is 38.3 Å². The number of rotatable bonds is 7. The Balaban J connectivity index is 1.90. The fourth-order valence-electron chi connectivity index (χ4n) is 2.23. The van der Waals surface area contributed by atoms with Crippen LogP contribution in [0, 0.1) is 0 Å². The Morgan fingerprint density at radius 2 is 2.00 bits per heavy atom. The fraction of sp³-hybridized carbons (Fsp3) is 0.438. The number of benzene rings is 1. The fourth-order valence-corrected chi connectivity index (χ4v) is 2.23. The second-order valence-corrected chi connectivity index (χ2v) is 5.47. The molecule has 1 unspecified atom stereocenters. The maximum Gasteiger partial charge on any atom is 0.139 e. The van der Waals surface area contributed by atoms with Gasteiger partial charge in [0.15, 0.2) is 0 Å². The van der Waals surface area contributed by atoms with E-state index in [0.29, 0.717) is 6.54 Å². The van der Waals surface area contributed by atoms with Gasteiger partial charge in [0, 0.05) is 31.0 Å². The molecule has 4 nitrogen and oxygen atoms in total. The van der Waals surface area contributed by atoms with Crippen molar-refractivity contribution in [3.05, 3.63) is 42.7 Å². The van der Waals surface area contributed by atoms with Gasteiger partial charge in [0.05, 0.1) is 5.60 Å². The van der Waals surface area contributed by atoms with Gasteiger partial charge in [-0.05, 0) is 26.2 Å². The summed E-state index contributed by atoms with van der Waals surface area (Å²) in [6.07, 6.45) is 6.53. The molecule has 3 N–H and O–H groups in total. The van der Waals surface area contributed by atoms with Gasteiger partial charge < -0.3 is 15.4 Å². The van der Waals surface area contributed by atoms with Crippen LogP contribution < -0.4 is 5.73 Å². The first-order chi connectivity index (χ1) is 9.62. The predicted molar refractivity (Wildman–Crippen MR) is 81.2 cm³/mol. The van der Waals surface area contributed by atoms with Crippen LogP contribution in [0.2, 0.25) is 0 Å². The molecule has 1 heterocycles. The number of aliphatic hydroxyl groups is 1. The molecule has 0 amide bonds. The second-order valence-electron chi connectivity index (χ2n) is 5.47. The maximum atomic E-state index is 9.87. The lowest BCUT2D eigenvalue weighted by Crippen LogP contribution is -2.33. The van der Waals surface area contributed by atoms with Crippen molar-refractivity contribution in [3.63, 3.8) is 0 Å². The topological polar surface area (TPSA) is 64.1 Å². The molecular formula is C16H23N3O. The minimum absolute atomic E-state index is 0.313. The monoisotopic (exact) mass is 273 g/mol. The molecule has 0 aliphatic carbocycles. The molecule has 2 rings (SSSR count). The molecule has 0 saturated heterocycles. The lowest BCUT2D eigenvalue weighted by Gasteiger charge is -2.20. The molecular weight excluding hydrogens is 250 g/mol. The van der Waals surface area contributed by atoms with Crippen LogP contribution >= 0.6 is 0 Å². The zero-order valence-electron chi connectivity index (χ0n) is 12.0. The number of unbranched alkanes of at least 4 members (excludes halogenated alkanes) is 1. The minimum atomic E-state index is -0.739. The van der Waals surface area contributed by atoms with Gasteiger partial charge in [-0.25, -0.2) is 4.98 Å². The molecule has 108 valence electrons. The Morgan fingerprint density at radius 1 is 1.25 bits per heavy atom. The van der Waals surface area contributed by atoms with E-state index in [2.05, 4.69) is 21.7 Å². The van der Waals surface area contributed by atoms with E-state index in [0.717, 1.165) is 37.2 Å². The van der Waals surface area contributed by atoms with Gasteiger partial charge in [-0.15, -0.1) is 0 Å². The molecule has 2 aromatic rings. The van der Waals surface area contributed by atoms with Crippen LogP contribution in [0.3, 0.4) is 0 Å². The van der Waals surface area contributed by atoms with Crippen molar-refractivity contribution in [1.29, 1.82) is 0 Å². The summed E-state index contributed by atoms with van der Waals surface area (Å²) in [5.74, 6) is 0.996. The summed E-state index contributed by atoms with van der Waals surface area (Å²) in [6, 6.07) is 10.2. The first-order valence-corrected chi connectivity index (χ1v) is 7.11. The van der Waals surface area contributed by atoms with E-state index >= 15 is 0 Å². The number of aryl methyl sites for hydroxylation is 1. The average molecular weight is 273 g/mol. The van der Waals surface area contributed by atoms with Crippen LogP contribution in [0.1, 0.15) is 26.2 Å². The molecule has 0 bridgehead atoms. The molecule has 0 fully saturated rings. The standard InChI is InChI=1S/C16H23N3O/c1-16(20,13-17)9-5-6-11-19-12-10-18-15(19)14-7-3-2-4-8-14/h2-4,7-8,10,12,20H,5-6,9,11,13,17H2,1H3. The Hall–Kier alpha value is -1.65. The highest BCUT2D eigenvalue weighted by molar-refractivity contribution is 5.54. The van der Waals surface area contributed by atoms with Crippen LogP contribution in [0.25, 0.3) is 11.4 Å². The maximum absolute atomic E-state index is 9.87. The third-order valence-corrected chi connectivity index (χ3v) is 3.55. The summed E-state index contributed by atoms with van der Waals surface area (Å²) in [6.45, 7) is 3.01. The summed E-state index contributed by atoms with van der Waals surface area (Å²) >= 11 is 0. The zero-order valence-corrected chi connectivity index (χ0v) is 12.0. The van der Waals surface area contributed by atoms with E-state index in [1.807, 2.05) is 30.6 Å². The molecule has 0 aliphatic heterocycles. The van der Waals surface area contributed by atoms with Crippen LogP contribution in [0.4, 0.5) is 0 Å². The van der Waals surface area contributed by atoms with Gasteiger partial charge in [-0.2, -0.15) is 0 Å². The largest absolute Gasteiger partial charge is 0.389 e. The molecule has 20 heavy (non-hydrogen) atoms. The third kappa shape index (κ3) is 3.92. The van der Waals surface area contributed by atoms with Gasteiger partial charge in [0.25, 0.3) is 0 Å². The van der Waals surface area contributed by atoms with E-state index in [1.54, 1.807) is 6.92 Å². The van der Waals surface area contributed by atoms with E-state index in [4.69, 9.17) is 5.73 Å². The second kappa shape index (κ2) is 6.68. The van der Waals surface area contributed by atoms with Gasteiger partial charge in [-0.1, -0.05) is 30.3 Å². The van der Waals surface area contributed by atoms with Gasteiger partial charge >= 0.3 is 0 Å². The summed E-state index contributed by atoms with van der Waals surface area (Å²) < 4.78 is 2.16. The summed E-state index contributed by atoms with van der Waals surface area (Å²) in [7, 11) is 0. The molecule has 1 atom stereocenters. The van der Waals surface area contributed by atoms with Gasteiger partial charge in [-0.3, -0.25) is 0 Å². The van der Waals surface area contributed by atoms with Crippen LogP contribution in [0.15, 0.2) is 42.7 Å². The lowest BCUT2D eigenvalue weighted by atomic mass is 9.99. The quantitative estimate of drug-likeness (QED) is 0.762. The SMILES string of the molecule is CC(O)(CN)CCCCn1ccnc1-c1ccccc1. The average Bonchev–Trinajstić information content (AvgIpc) is 2.93. The normalized spacial score (nSPS) is 14.2. The molecule has 1 aromatic carbocycles. The summed E-state index contributed by atoms with van der Waals surface area (Å²) in [4.78, 5) is 4.42. The van der Waals surface area contributed by atoms with Crippen LogP contribution in [-0.4, -0.2) is 26.8 Å². The highest BCUT2D eigenvalue weighted by Crippen LogP contribution is 2.18. The third-order valence-electron chi connectivity index (χ3n) is 3.55. The van der Waals surface area contributed by atoms with Crippen LogP contribution in [0.5, 0.6) is 0 Å². The lowest BCUT2D eigenvalue weighted by molar-refractivity contribution is 0.0570. The van der Waals surface area contributed by atoms with E-state index in [-0.39, 0.29) is 0 Å². The van der Waals surface area contributed by atoms with E-state index in [1.165, 1.54) is 0 Å². The first-order valence-electron chi connectivity index (χ1n) is 7.11.